The molecule has 0 spiro atoms. The normalized spacial score (nSPS) is 18.6. The molecule has 1 fully saturated rings. The molecule has 96 valence electrons. The molecule has 0 bridgehead atoms. The van der Waals surface area contributed by atoms with E-state index in [4.69, 9.17) is 5.73 Å². The van der Waals surface area contributed by atoms with Crippen molar-refractivity contribution in [2.45, 2.75) is 19.8 Å². The second-order valence-corrected chi connectivity index (χ2v) is 5.50. The summed E-state index contributed by atoms with van der Waals surface area (Å²) in [6.07, 6.45) is 2.29. The molecule has 2 rings (SSSR count). The van der Waals surface area contributed by atoms with E-state index in [-0.39, 0.29) is 0 Å². The van der Waals surface area contributed by atoms with Crippen molar-refractivity contribution in [3.8, 4) is 0 Å². The van der Waals surface area contributed by atoms with Crippen LogP contribution in [0.4, 0.5) is 5.13 Å². The van der Waals surface area contributed by atoms with E-state index in [1.54, 1.807) is 0 Å². The standard InChI is InChI=1S/C12H22N4S/c1-2-4-15-6-8-16(9-7-15)5-3-11-10-17-12(13)14-11/h10H,2-9H2,1H3,(H2,13,14). The topological polar surface area (TPSA) is 45.4 Å². The lowest BCUT2D eigenvalue weighted by molar-refractivity contribution is 0.133. The van der Waals surface area contributed by atoms with Crippen LogP contribution in [-0.4, -0.2) is 54.1 Å². The van der Waals surface area contributed by atoms with Gasteiger partial charge >= 0.3 is 0 Å². The van der Waals surface area contributed by atoms with Gasteiger partial charge in [0, 0.05) is 44.5 Å². The number of nitrogens with two attached hydrogens (primary N) is 1. The maximum Gasteiger partial charge on any atom is 0.180 e. The van der Waals surface area contributed by atoms with Crippen LogP contribution in [0.3, 0.4) is 0 Å². The Labute approximate surface area is 107 Å². The molecular weight excluding hydrogens is 232 g/mol. The van der Waals surface area contributed by atoms with Crippen molar-refractivity contribution >= 4 is 16.5 Å². The fourth-order valence-corrected chi connectivity index (χ4v) is 2.86. The average molecular weight is 254 g/mol. The number of thiazole rings is 1. The summed E-state index contributed by atoms with van der Waals surface area (Å²) in [4.78, 5) is 9.38. The molecule has 2 heterocycles. The fourth-order valence-electron chi connectivity index (χ4n) is 2.26. The van der Waals surface area contributed by atoms with Gasteiger partial charge in [0.05, 0.1) is 5.69 Å². The number of nitrogens with zero attached hydrogens (tertiary/aromatic N) is 3. The van der Waals surface area contributed by atoms with Crippen LogP contribution in [0.5, 0.6) is 0 Å². The number of nitrogen functional groups attached to an aromatic ring is 1. The van der Waals surface area contributed by atoms with Crippen molar-refractivity contribution in [1.82, 2.24) is 14.8 Å². The van der Waals surface area contributed by atoms with E-state index >= 15 is 0 Å². The maximum atomic E-state index is 5.63. The minimum Gasteiger partial charge on any atom is -0.375 e. The molecule has 0 atom stereocenters. The fraction of sp³-hybridized carbons (Fsp3) is 0.750. The zero-order valence-electron chi connectivity index (χ0n) is 10.6. The molecule has 1 aromatic rings. The van der Waals surface area contributed by atoms with Gasteiger partial charge in [-0.25, -0.2) is 4.98 Å². The van der Waals surface area contributed by atoms with Gasteiger partial charge in [0.2, 0.25) is 0 Å². The molecule has 0 aliphatic carbocycles. The third-order valence-corrected chi connectivity index (χ3v) is 3.98. The van der Waals surface area contributed by atoms with E-state index in [1.165, 1.54) is 50.5 Å². The number of hydrogen-bond donors (Lipinski definition) is 1. The Hall–Kier alpha value is -0.650. The van der Waals surface area contributed by atoms with Crippen LogP contribution in [0.15, 0.2) is 5.38 Å². The Kier molecular flexibility index (Phi) is 4.76. The van der Waals surface area contributed by atoms with Crippen LogP contribution in [0.1, 0.15) is 19.0 Å². The maximum absolute atomic E-state index is 5.63. The van der Waals surface area contributed by atoms with Crippen LogP contribution < -0.4 is 5.73 Å². The summed E-state index contributed by atoms with van der Waals surface area (Å²) in [5.41, 5.74) is 6.77. The molecule has 17 heavy (non-hydrogen) atoms. The quantitative estimate of drug-likeness (QED) is 0.860. The van der Waals surface area contributed by atoms with Crippen molar-refractivity contribution in [2.24, 2.45) is 0 Å². The van der Waals surface area contributed by atoms with Crippen molar-refractivity contribution < 1.29 is 0 Å². The van der Waals surface area contributed by atoms with E-state index in [2.05, 4.69) is 27.1 Å². The summed E-state index contributed by atoms with van der Waals surface area (Å²) >= 11 is 1.54. The van der Waals surface area contributed by atoms with Crippen molar-refractivity contribution in [2.75, 3.05) is 45.0 Å². The number of piperazine rings is 1. The summed E-state index contributed by atoms with van der Waals surface area (Å²) in [5, 5.41) is 2.76. The van der Waals surface area contributed by atoms with Crippen LogP contribution in [-0.2, 0) is 6.42 Å². The molecule has 5 heteroatoms. The van der Waals surface area contributed by atoms with Crippen LogP contribution >= 0.6 is 11.3 Å². The summed E-state index contributed by atoms with van der Waals surface area (Å²) in [6, 6.07) is 0. The van der Waals surface area contributed by atoms with Gasteiger partial charge in [0.25, 0.3) is 0 Å². The van der Waals surface area contributed by atoms with Gasteiger partial charge in [-0.3, -0.25) is 0 Å². The molecule has 4 nitrogen and oxygen atoms in total. The molecule has 0 radical (unpaired) electrons. The number of hydrogen-bond acceptors (Lipinski definition) is 5. The van der Waals surface area contributed by atoms with Crippen LogP contribution in [0.2, 0.25) is 0 Å². The first-order valence-corrected chi connectivity index (χ1v) is 7.30. The molecule has 2 N–H and O–H groups in total. The first-order valence-electron chi connectivity index (χ1n) is 6.42. The summed E-state index contributed by atoms with van der Waals surface area (Å²) in [5.74, 6) is 0. The van der Waals surface area contributed by atoms with Crippen LogP contribution in [0, 0.1) is 0 Å². The SMILES string of the molecule is CCCN1CCN(CCc2csc(N)n2)CC1. The van der Waals surface area contributed by atoms with Crippen molar-refractivity contribution in [3.63, 3.8) is 0 Å². The Morgan fingerprint density at radius 2 is 1.88 bits per heavy atom. The highest BCUT2D eigenvalue weighted by atomic mass is 32.1. The lowest BCUT2D eigenvalue weighted by Crippen LogP contribution is -2.46. The number of aromatic nitrogens is 1. The van der Waals surface area contributed by atoms with Gasteiger partial charge in [-0.15, -0.1) is 11.3 Å². The molecule has 1 aliphatic heterocycles. The molecule has 1 aromatic heterocycles. The van der Waals surface area contributed by atoms with Gasteiger partial charge in [-0.05, 0) is 13.0 Å². The van der Waals surface area contributed by atoms with E-state index in [1.807, 2.05) is 0 Å². The lowest BCUT2D eigenvalue weighted by atomic mass is 10.2. The largest absolute Gasteiger partial charge is 0.375 e. The first-order chi connectivity index (χ1) is 8.28. The van der Waals surface area contributed by atoms with Crippen molar-refractivity contribution in [1.29, 1.82) is 0 Å². The Morgan fingerprint density at radius 1 is 1.24 bits per heavy atom. The second-order valence-electron chi connectivity index (χ2n) is 4.61. The smallest absolute Gasteiger partial charge is 0.180 e. The first kappa shape index (κ1) is 12.8. The molecule has 1 aliphatic rings. The summed E-state index contributed by atoms with van der Waals surface area (Å²) < 4.78 is 0. The van der Waals surface area contributed by atoms with Gasteiger partial charge in [-0.1, -0.05) is 6.92 Å². The zero-order valence-corrected chi connectivity index (χ0v) is 11.4. The van der Waals surface area contributed by atoms with E-state index in [0.717, 1.165) is 18.7 Å². The monoisotopic (exact) mass is 254 g/mol. The van der Waals surface area contributed by atoms with E-state index < -0.39 is 0 Å². The van der Waals surface area contributed by atoms with Gasteiger partial charge < -0.3 is 15.5 Å². The molecular formula is C12H22N4S. The summed E-state index contributed by atoms with van der Waals surface area (Å²) in [6.45, 7) is 9.43. The Balaban J connectivity index is 1.68. The van der Waals surface area contributed by atoms with E-state index in [0.29, 0.717) is 5.13 Å². The minimum absolute atomic E-state index is 0.688. The number of anilines is 1. The second kappa shape index (κ2) is 6.33. The van der Waals surface area contributed by atoms with Gasteiger partial charge in [0.1, 0.15) is 0 Å². The molecule has 0 unspecified atom stereocenters. The van der Waals surface area contributed by atoms with E-state index in [9.17, 15) is 0 Å². The predicted octanol–water partition coefficient (Wildman–Crippen LogP) is 1.30. The highest BCUT2D eigenvalue weighted by molar-refractivity contribution is 7.13. The van der Waals surface area contributed by atoms with Gasteiger partial charge in [0.15, 0.2) is 5.13 Å². The highest BCUT2D eigenvalue weighted by Gasteiger charge is 2.15. The number of rotatable bonds is 5. The zero-order chi connectivity index (χ0) is 12.1. The molecule has 0 aromatic carbocycles. The third-order valence-electron chi connectivity index (χ3n) is 3.26. The minimum atomic E-state index is 0.688. The summed E-state index contributed by atoms with van der Waals surface area (Å²) in [7, 11) is 0. The van der Waals surface area contributed by atoms with Crippen LogP contribution in [0.25, 0.3) is 0 Å². The Bertz CT molecular complexity index is 331. The van der Waals surface area contributed by atoms with Gasteiger partial charge in [-0.2, -0.15) is 0 Å². The van der Waals surface area contributed by atoms with Crippen molar-refractivity contribution in [3.05, 3.63) is 11.1 Å². The average Bonchev–Trinajstić information content (AvgIpc) is 2.75. The molecule has 0 saturated carbocycles. The Morgan fingerprint density at radius 3 is 2.41 bits per heavy atom. The highest BCUT2D eigenvalue weighted by Crippen LogP contribution is 2.12. The lowest BCUT2D eigenvalue weighted by Gasteiger charge is -2.34. The molecule has 1 saturated heterocycles. The molecule has 0 amide bonds. The third kappa shape index (κ3) is 3.94. The predicted molar refractivity (Wildman–Crippen MR) is 73.4 cm³/mol.